The van der Waals surface area contributed by atoms with E-state index in [0.717, 1.165) is 38.0 Å². The molecule has 0 amide bonds. The van der Waals surface area contributed by atoms with Crippen molar-refractivity contribution < 1.29 is 14.3 Å². The van der Waals surface area contributed by atoms with E-state index in [1.54, 1.807) is 0 Å². The molecule has 0 aliphatic heterocycles. The SMILES string of the molecule is CCCOc1cccc([C@H]2CCCC[C@@H]2OC(C)=O)c1. The molecular formula is C17H24O3. The van der Waals surface area contributed by atoms with Gasteiger partial charge >= 0.3 is 5.97 Å². The van der Waals surface area contributed by atoms with Gasteiger partial charge in [0.15, 0.2) is 0 Å². The van der Waals surface area contributed by atoms with Crippen LogP contribution in [0.1, 0.15) is 57.4 Å². The van der Waals surface area contributed by atoms with Gasteiger partial charge in [0.05, 0.1) is 6.61 Å². The first kappa shape index (κ1) is 14.9. The van der Waals surface area contributed by atoms with Crippen LogP contribution in [0.3, 0.4) is 0 Å². The second kappa shape index (κ2) is 7.32. The van der Waals surface area contributed by atoms with E-state index in [0.29, 0.717) is 5.92 Å². The second-order valence-electron chi connectivity index (χ2n) is 5.46. The summed E-state index contributed by atoms with van der Waals surface area (Å²) in [5.74, 6) is 1.04. The second-order valence-corrected chi connectivity index (χ2v) is 5.46. The van der Waals surface area contributed by atoms with E-state index in [9.17, 15) is 4.79 Å². The molecular weight excluding hydrogens is 252 g/mol. The van der Waals surface area contributed by atoms with Crippen molar-refractivity contribution in [3.63, 3.8) is 0 Å². The first-order valence-electron chi connectivity index (χ1n) is 7.60. The molecule has 0 aromatic heterocycles. The average Bonchev–Trinajstić information content (AvgIpc) is 2.45. The van der Waals surface area contributed by atoms with Gasteiger partial charge in [-0.2, -0.15) is 0 Å². The van der Waals surface area contributed by atoms with Crippen LogP contribution in [-0.2, 0) is 9.53 Å². The van der Waals surface area contributed by atoms with Crippen molar-refractivity contribution in [2.24, 2.45) is 0 Å². The summed E-state index contributed by atoms with van der Waals surface area (Å²) < 4.78 is 11.2. The minimum absolute atomic E-state index is 0.0164. The van der Waals surface area contributed by atoms with Crippen molar-refractivity contribution in [1.29, 1.82) is 0 Å². The van der Waals surface area contributed by atoms with Gasteiger partial charge in [0.2, 0.25) is 0 Å². The third-order valence-corrected chi connectivity index (χ3v) is 3.78. The van der Waals surface area contributed by atoms with Gasteiger partial charge in [0, 0.05) is 12.8 Å². The highest BCUT2D eigenvalue weighted by molar-refractivity contribution is 5.66. The molecule has 0 N–H and O–H groups in total. The van der Waals surface area contributed by atoms with Crippen LogP contribution in [0.15, 0.2) is 24.3 Å². The van der Waals surface area contributed by atoms with Gasteiger partial charge in [0.25, 0.3) is 0 Å². The molecule has 1 aromatic rings. The van der Waals surface area contributed by atoms with Crippen molar-refractivity contribution in [3.8, 4) is 5.75 Å². The van der Waals surface area contributed by atoms with E-state index in [4.69, 9.17) is 9.47 Å². The number of hydrogen-bond donors (Lipinski definition) is 0. The molecule has 0 saturated heterocycles. The average molecular weight is 276 g/mol. The standard InChI is InChI=1S/C17H24O3/c1-3-11-19-15-8-6-7-14(12-15)16-9-4-5-10-17(16)20-13(2)18/h6-8,12,16-17H,3-5,9-11H2,1-2H3/t16-,17+/m1/s1. The van der Waals surface area contributed by atoms with Crippen LogP contribution in [-0.4, -0.2) is 18.7 Å². The smallest absolute Gasteiger partial charge is 0.302 e. The fraction of sp³-hybridized carbons (Fsp3) is 0.588. The molecule has 1 aromatic carbocycles. The molecule has 0 radical (unpaired) electrons. The molecule has 3 nitrogen and oxygen atoms in total. The highest BCUT2D eigenvalue weighted by Gasteiger charge is 2.29. The molecule has 110 valence electrons. The van der Waals surface area contributed by atoms with Crippen LogP contribution in [0.2, 0.25) is 0 Å². The number of carbonyl (C=O) groups excluding carboxylic acids is 1. The summed E-state index contributed by atoms with van der Waals surface area (Å²) >= 11 is 0. The van der Waals surface area contributed by atoms with Gasteiger partial charge in [-0.15, -0.1) is 0 Å². The Bertz CT molecular complexity index is 442. The molecule has 1 saturated carbocycles. The molecule has 0 unspecified atom stereocenters. The van der Waals surface area contributed by atoms with Crippen molar-refractivity contribution in [2.45, 2.75) is 58.0 Å². The molecule has 0 bridgehead atoms. The molecule has 2 rings (SSSR count). The Balaban J connectivity index is 2.12. The fourth-order valence-corrected chi connectivity index (χ4v) is 2.89. The Hall–Kier alpha value is -1.51. The number of benzene rings is 1. The Morgan fingerprint density at radius 2 is 2.10 bits per heavy atom. The lowest BCUT2D eigenvalue weighted by Gasteiger charge is -2.31. The molecule has 0 heterocycles. The monoisotopic (exact) mass is 276 g/mol. The Morgan fingerprint density at radius 3 is 2.85 bits per heavy atom. The van der Waals surface area contributed by atoms with Gasteiger partial charge in [-0.25, -0.2) is 0 Å². The van der Waals surface area contributed by atoms with Crippen molar-refractivity contribution in [2.75, 3.05) is 6.61 Å². The van der Waals surface area contributed by atoms with Gasteiger partial charge < -0.3 is 9.47 Å². The number of ether oxygens (including phenoxy) is 2. The van der Waals surface area contributed by atoms with Crippen molar-refractivity contribution in [1.82, 2.24) is 0 Å². The van der Waals surface area contributed by atoms with Crippen molar-refractivity contribution >= 4 is 5.97 Å². The summed E-state index contributed by atoms with van der Waals surface area (Å²) in [5, 5.41) is 0. The maximum absolute atomic E-state index is 11.3. The van der Waals surface area contributed by atoms with Crippen molar-refractivity contribution in [3.05, 3.63) is 29.8 Å². The molecule has 1 aliphatic rings. The van der Waals surface area contributed by atoms with E-state index < -0.39 is 0 Å². The molecule has 20 heavy (non-hydrogen) atoms. The summed E-state index contributed by atoms with van der Waals surface area (Å²) in [6.07, 6.45) is 5.40. The quantitative estimate of drug-likeness (QED) is 0.761. The number of rotatable bonds is 5. The number of hydrogen-bond acceptors (Lipinski definition) is 3. The Morgan fingerprint density at radius 1 is 1.30 bits per heavy atom. The summed E-state index contributed by atoms with van der Waals surface area (Å²) in [6.45, 7) is 4.33. The highest BCUT2D eigenvalue weighted by Crippen LogP contribution is 2.36. The van der Waals surface area contributed by atoms with E-state index in [1.807, 2.05) is 12.1 Å². The molecule has 3 heteroatoms. The lowest BCUT2D eigenvalue weighted by molar-refractivity contribution is -0.148. The number of esters is 1. The predicted octanol–water partition coefficient (Wildman–Crippen LogP) is 4.06. The molecule has 1 fully saturated rings. The van der Waals surface area contributed by atoms with E-state index in [-0.39, 0.29) is 12.1 Å². The van der Waals surface area contributed by atoms with Crippen LogP contribution in [0.5, 0.6) is 5.75 Å². The van der Waals surface area contributed by atoms with Gasteiger partial charge in [0.1, 0.15) is 11.9 Å². The summed E-state index contributed by atoms with van der Waals surface area (Å²) in [7, 11) is 0. The minimum Gasteiger partial charge on any atom is -0.494 e. The first-order valence-corrected chi connectivity index (χ1v) is 7.60. The third-order valence-electron chi connectivity index (χ3n) is 3.78. The van der Waals surface area contributed by atoms with Crippen LogP contribution in [0, 0.1) is 0 Å². The van der Waals surface area contributed by atoms with Crippen LogP contribution in [0.25, 0.3) is 0 Å². The normalized spacial score (nSPS) is 22.3. The largest absolute Gasteiger partial charge is 0.494 e. The zero-order valence-corrected chi connectivity index (χ0v) is 12.4. The fourth-order valence-electron chi connectivity index (χ4n) is 2.89. The zero-order valence-electron chi connectivity index (χ0n) is 12.4. The van der Waals surface area contributed by atoms with Crippen LogP contribution in [0.4, 0.5) is 0 Å². The topological polar surface area (TPSA) is 35.5 Å². The minimum atomic E-state index is -0.180. The Labute approximate surface area is 121 Å². The summed E-state index contributed by atoms with van der Waals surface area (Å²) in [4.78, 5) is 11.3. The van der Waals surface area contributed by atoms with Gasteiger partial charge in [-0.3, -0.25) is 4.79 Å². The maximum atomic E-state index is 11.3. The van der Waals surface area contributed by atoms with Gasteiger partial charge in [-0.05, 0) is 43.4 Å². The lowest BCUT2D eigenvalue weighted by Crippen LogP contribution is -2.27. The van der Waals surface area contributed by atoms with E-state index in [2.05, 4.69) is 19.1 Å². The summed E-state index contributed by atoms with van der Waals surface area (Å²) in [6, 6.07) is 8.23. The van der Waals surface area contributed by atoms with E-state index in [1.165, 1.54) is 18.9 Å². The maximum Gasteiger partial charge on any atom is 0.302 e. The summed E-state index contributed by atoms with van der Waals surface area (Å²) in [5.41, 5.74) is 1.23. The molecule has 1 aliphatic carbocycles. The first-order chi connectivity index (χ1) is 9.70. The van der Waals surface area contributed by atoms with Crippen LogP contribution < -0.4 is 4.74 Å². The van der Waals surface area contributed by atoms with Crippen LogP contribution >= 0.6 is 0 Å². The zero-order chi connectivity index (χ0) is 14.4. The lowest BCUT2D eigenvalue weighted by atomic mass is 9.81. The third kappa shape index (κ3) is 3.99. The van der Waals surface area contributed by atoms with E-state index >= 15 is 0 Å². The number of carbonyl (C=O) groups is 1. The molecule has 2 atom stereocenters. The predicted molar refractivity (Wildman–Crippen MR) is 79.0 cm³/mol. The highest BCUT2D eigenvalue weighted by atomic mass is 16.5. The molecule has 0 spiro atoms. The Kier molecular flexibility index (Phi) is 5.45. The van der Waals surface area contributed by atoms with Gasteiger partial charge in [-0.1, -0.05) is 25.5 Å².